The third-order valence-electron chi connectivity index (χ3n) is 3.72. The van der Waals surface area contributed by atoms with Gasteiger partial charge in [-0.2, -0.15) is 0 Å². The van der Waals surface area contributed by atoms with Gasteiger partial charge in [0.1, 0.15) is 5.82 Å². The molecule has 2 aromatic rings. The summed E-state index contributed by atoms with van der Waals surface area (Å²) in [7, 11) is 0. The second-order valence-corrected chi connectivity index (χ2v) is 5.54. The molecule has 6 heteroatoms. The maximum absolute atomic E-state index is 12.8. The average Bonchev–Trinajstić information content (AvgIpc) is 2.51. The van der Waals surface area contributed by atoms with Gasteiger partial charge in [-0.3, -0.25) is 9.36 Å². The molecule has 1 saturated heterocycles. The van der Waals surface area contributed by atoms with Crippen molar-refractivity contribution >= 4 is 22.5 Å². The molecule has 0 spiro atoms. The summed E-state index contributed by atoms with van der Waals surface area (Å²) in [5.74, 6) is 0.768. The van der Waals surface area contributed by atoms with Crippen molar-refractivity contribution in [2.24, 2.45) is 0 Å². The van der Waals surface area contributed by atoms with Crippen LogP contribution in [0.4, 0.5) is 0 Å². The fraction of sp³-hybridized carbons (Fsp3) is 0.467. The van der Waals surface area contributed by atoms with E-state index in [2.05, 4.69) is 10.3 Å². The van der Waals surface area contributed by atoms with Gasteiger partial charge in [0, 0.05) is 19.5 Å². The lowest BCUT2D eigenvalue weighted by molar-refractivity contribution is 0.0171. The zero-order valence-corrected chi connectivity index (χ0v) is 12.7. The first-order chi connectivity index (χ1) is 10.2. The first kappa shape index (κ1) is 14.5. The monoisotopic (exact) mass is 307 g/mol. The highest BCUT2D eigenvalue weighted by Gasteiger charge is 2.18. The summed E-state index contributed by atoms with van der Waals surface area (Å²) in [6.45, 7) is 4.77. The molecule has 1 aliphatic heterocycles. The van der Waals surface area contributed by atoms with Crippen LogP contribution >= 0.6 is 11.6 Å². The van der Waals surface area contributed by atoms with Crippen LogP contribution in [-0.4, -0.2) is 35.4 Å². The van der Waals surface area contributed by atoms with Gasteiger partial charge in [-0.15, -0.1) is 0 Å². The quantitative estimate of drug-likeness (QED) is 0.936. The number of hydrogen-bond donors (Lipinski definition) is 1. The Morgan fingerprint density at radius 2 is 2.38 bits per heavy atom. The molecule has 0 bridgehead atoms. The van der Waals surface area contributed by atoms with Gasteiger partial charge in [-0.25, -0.2) is 4.98 Å². The Labute approximate surface area is 127 Å². The lowest BCUT2D eigenvalue weighted by Gasteiger charge is -2.25. The molecule has 1 atom stereocenters. The molecule has 1 aliphatic rings. The Morgan fingerprint density at radius 1 is 1.52 bits per heavy atom. The minimum Gasteiger partial charge on any atom is -0.374 e. The number of hydrogen-bond acceptors (Lipinski definition) is 4. The Hall–Kier alpha value is -1.43. The maximum Gasteiger partial charge on any atom is 0.262 e. The number of fused-ring (bicyclic) bond motifs is 1. The summed E-state index contributed by atoms with van der Waals surface area (Å²) in [5.41, 5.74) is 0.569. The van der Waals surface area contributed by atoms with E-state index in [1.54, 1.807) is 10.6 Å². The van der Waals surface area contributed by atoms with Crippen LogP contribution in [0.1, 0.15) is 12.7 Å². The molecule has 0 radical (unpaired) electrons. The van der Waals surface area contributed by atoms with Gasteiger partial charge >= 0.3 is 0 Å². The summed E-state index contributed by atoms with van der Waals surface area (Å²) in [5, 5.41) is 4.21. The van der Waals surface area contributed by atoms with E-state index in [4.69, 9.17) is 16.3 Å². The van der Waals surface area contributed by atoms with Crippen LogP contribution in [-0.2, 0) is 17.7 Å². The van der Waals surface area contributed by atoms with Crippen LogP contribution in [0.3, 0.4) is 0 Å². The van der Waals surface area contributed by atoms with E-state index < -0.39 is 0 Å². The molecule has 0 aliphatic carbocycles. The molecule has 1 aromatic heterocycles. The van der Waals surface area contributed by atoms with Crippen LogP contribution in [0.2, 0.25) is 5.02 Å². The highest BCUT2D eigenvalue weighted by atomic mass is 35.5. The number of morpholine rings is 1. The van der Waals surface area contributed by atoms with Crippen molar-refractivity contribution in [1.82, 2.24) is 14.9 Å². The number of halogens is 1. The molecule has 1 aromatic carbocycles. The fourth-order valence-corrected chi connectivity index (χ4v) is 2.92. The van der Waals surface area contributed by atoms with Gasteiger partial charge < -0.3 is 10.1 Å². The van der Waals surface area contributed by atoms with Crippen molar-refractivity contribution in [3.8, 4) is 0 Å². The molecular weight excluding hydrogens is 290 g/mol. The number of ether oxygens (including phenoxy) is 1. The van der Waals surface area contributed by atoms with Crippen LogP contribution in [0.25, 0.3) is 10.9 Å². The third-order valence-corrected chi connectivity index (χ3v) is 4.03. The standard InChI is InChI=1S/C15H18ClN3O2/c1-2-13-18-12-5-3-4-11(16)14(12)15(20)19(13)9-10-8-17-6-7-21-10/h3-5,10,17H,2,6-9H2,1H3. The fourth-order valence-electron chi connectivity index (χ4n) is 2.67. The highest BCUT2D eigenvalue weighted by Crippen LogP contribution is 2.19. The van der Waals surface area contributed by atoms with Gasteiger partial charge in [0.15, 0.2) is 0 Å². The first-order valence-corrected chi connectivity index (χ1v) is 7.58. The van der Waals surface area contributed by atoms with Crippen LogP contribution < -0.4 is 10.9 Å². The van der Waals surface area contributed by atoms with E-state index in [1.807, 2.05) is 19.1 Å². The van der Waals surface area contributed by atoms with Crippen molar-refractivity contribution in [1.29, 1.82) is 0 Å². The molecular formula is C15H18ClN3O2. The summed E-state index contributed by atoms with van der Waals surface area (Å²) >= 11 is 6.18. The lowest BCUT2D eigenvalue weighted by Crippen LogP contribution is -2.43. The molecule has 21 heavy (non-hydrogen) atoms. The van der Waals surface area contributed by atoms with Gasteiger partial charge in [0.25, 0.3) is 5.56 Å². The number of rotatable bonds is 3. The molecule has 1 unspecified atom stereocenters. The van der Waals surface area contributed by atoms with E-state index in [1.165, 1.54) is 0 Å². The highest BCUT2D eigenvalue weighted by molar-refractivity contribution is 6.35. The summed E-state index contributed by atoms with van der Waals surface area (Å²) in [4.78, 5) is 17.3. The smallest absolute Gasteiger partial charge is 0.262 e. The molecule has 0 saturated carbocycles. The Kier molecular flexibility index (Phi) is 4.24. The van der Waals surface area contributed by atoms with Crippen molar-refractivity contribution < 1.29 is 4.74 Å². The van der Waals surface area contributed by atoms with Gasteiger partial charge in [0.2, 0.25) is 0 Å². The minimum atomic E-state index is -0.0865. The third kappa shape index (κ3) is 2.81. The first-order valence-electron chi connectivity index (χ1n) is 7.21. The Balaban J connectivity index is 2.09. The number of benzene rings is 1. The predicted octanol–water partition coefficient (Wildman–Crippen LogP) is 1.60. The summed E-state index contributed by atoms with van der Waals surface area (Å²) in [6.07, 6.45) is 0.682. The summed E-state index contributed by atoms with van der Waals surface area (Å²) < 4.78 is 7.40. The zero-order valence-electron chi connectivity index (χ0n) is 11.9. The lowest BCUT2D eigenvalue weighted by atomic mass is 10.2. The zero-order chi connectivity index (χ0) is 14.8. The molecule has 3 rings (SSSR count). The maximum atomic E-state index is 12.8. The van der Waals surface area contributed by atoms with Crippen LogP contribution in [0, 0.1) is 0 Å². The molecule has 112 valence electrons. The summed E-state index contributed by atoms with van der Waals surface area (Å²) in [6, 6.07) is 5.36. The van der Waals surface area contributed by atoms with Crippen molar-refractivity contribution in [2.45, 2.75) is 26.0 Å². The van der Waals surface area contributed by atoms with Crippen molar-refractivity contribution in [2.75, 3.05) is 19.7 Å². The molecule has 2 heterocycles. The normalized spacial score (nSPS) is 19.0. The minimum absolute atomic E-state index is 0.0107. The SMILES string of the molecule is CCc1nc2cccc(Cl)c2c(=O)n1CC1CNCCO1. The van der Waals surface area contributed by atoms with E-state index in [0.717, 1.165) is 18.9 Å². The Bertz CT molecular complexity index is 708. The van der Waals surface area contributed by atoms with Gasteiger partial charge in [0.05, 0.1) is 35.2 Å². The molecule has 1 fully saturated rings. The second kappa shape index (κ2) is 6.13. The topological polar surface area (TPSA) is 56.2 Å². The van der Waals surface area contributed by atoms with E-state index >= 15 is 0 Å². The number of aromatic nitrogens is 2. The van der Waals surface area contributed by atoms with Crippen LogP contribution in [0.15, 0.2) is 23.0 Å². The Morgan fingerprint density at radius 3 is 3.10 bits per heavy atom. The average molecular weight is 308 g/mol. The van der Waals surface area contributed by atoms with Crippen molar-refractivity contribution in [3.63, 3.8) is 0 Å². The van der Waals surface area contributed by atoms with E-state index in [9.17, 15) is 4.79 Å². The largest absolute Gasteiger partial charge is 0.374 e. The second-order valence-electron chi connectivity index (χ2n) is 5.13. The van der Waals surface area contributed by atoms with Crippen LogP contribution in [0.5, 0.6) is 0 Å². The number of nitrogens with zero attached hydrogens (tertiary/aromatic N) is 2. The predicted molar refractivity (Wildman–Crippen MR) is 83.0 cm³/mol. The molecule has 5 nitrogen and oxygen atoms in total. The van der Waals surface area contributed by atoms with Crippen molar-refractivity contribution in [3.05, 3.63) is 39.4 Å². The van der Waals surface area contributed by atoms with E-state index in [0.29, 0.717) is 35.5 Å². The number of aryl methyl sites for hydroxylation is 1. The molecule has 1 N–H and O–H groups in total. The van der Waals surface area contributed by atoms with E-state index in [-0.39, 0.29) is 11.7 Å². The molecule has 0 amide bonds. The van der Waals surface area contributed by atoms with Gasteiger partial charge in [-0.1, -0.05) is 24.6 Å². The van der Waals surface area contributed by atoms with Gasteiger partial charge in [-0.05, 0) is 12.1 Å². The number of nitrogens with one attached hydrogen (secondary N) is 1.